The van der Waals surface area contributed by atoms with Crippen molar-refractivity contribution in [2.24, 2.45) is 0 Å². The zero-order chi connectivity index (χ0) is 13.7. The maximum atomic E-state index is 11.9. The number of benzene rings is 1. The van der Waals surface area contributed by atoms with Crippen LogP contribution in [0, 0.1) is 6.92 Å². The molecule has 5 nitrogen and oxygen atoms in total. The molecule has 0 aliphatic heterocycles. The van der Waals surface area contributed by atoms with Crippen LogP contribution in [0.4, 0.5) is 5.82 Å². The molecular formula is C14H17N3O2. The Labute approximate surface area is 112 Å². The zero-order valence-corrected chi connectivity index (χ0v) is 11.0. The predicted octanol–water partition coefficient (Wildman–Crippen LogP) is 2.10. The number of amides is 1. The molecule has 1 unspecified atom stereocenters. The molecule has 1 atom stereocenters. The number of nitrogens with zero attached hydrogens (tertiary/aromatic N) is 1. The molecule has 5 heteroatoms. The van der Waals surface area contributed by atoms with E-state index >= 15 is 0 Å². The van der Waals surface area contributed by atoms with Gasteiger partial charge in [-0.2, -0.15) is 0 Å². The minimum absolute atomic E-state index is 0.135. The fourth-order valence-corrected chi connectivity index (χ4v) is 1.62. The minimum atomic E-state index is -0.308. The van der Waals surface area contributed by atoms with E-state index in [2.05, 4.69) is 15.8 Å². The van der Waals surface area contributed by atoms with Gasteiger partial charge in [-0.25, -0.2) is 0 Å². The van der Waals surface area contributed by atoms with Crippen molar-refractivity contribution < 1.29 is 9.32 Å². The first kappa shape index (κ1) is 13.3. The van der Waals surface area contributed by atoms with E-state index in [1.165, 1.54) is 0 Å². The third kappa shape index (κ3) is 3.93. The quantitative estimate of drug-likeness (QED) is 0.863. The van der Waals surface area contributed by atoms with E-state index < -0.39 is 0 Å². The van der Waals surface area contributed by atoms with Crippen LogP contribution in [0.25, 0.3) is 0 Å². The monoisotopic (exact) mass is 259 g/mol. The normalized spacial score (nSPS) is 12.1. The van der Waals surface area contributed by atoms with Crippen LogP contribution in [0.2, 0.25) is 0 Å². The summed E-state index contributed by atoms with van der Waals surface area (Å²) in [5.41, 5.74) is 1.14. The molecule has 0 aliphatic carbocycles. The summed E-state index contributed by atoms with van der Waals surface area (Å²) in [6.07, 6.45) is 0. The molecule has 1 amide bonds. The van der Waals surface area contributed by atoms with Crippen LogP contribution in [0.15, 0.2) is 40.9 Å². The van der Waals surface area contributed by atoms with E-state index in [1.54, 1.807) is 13.0 Å². The topological polar surface area (TPSA) is 67.2 Å². The lowest BCUT2D eigenvalue weighted by molar-refractivity contribution is -0.117. The number of anilines is 1. The molecule has 0 aliphatic rings. The van der Waals surface area contributed by atoms with E-state index in [0.717, 1.165) is 5.56 Å². The lowest BCUT2D eigenvalue weighted by Crippen LogP contribution is -2.37. The number of nitrogens with one attached hydrogen (secondary N) is 2. The van der Waals surface area contributed by atoms with Gasteiger partial charge in [-0.15, -0.1) is 0 Å². The Morgan fingerprint density at radius 3 is 2.74 bits per heavy atom. The zero-order valence-electron chi connectivity index (χ0n) is 11.0. The first-order valence-electron chi connectivity index (χ1n) is 6.16. The molecule has 2 rings (SSSR count). The summed E-state index contributed by atoms with van der Waals surface area (Å²) < 4.78 is 4.89. The number of aryl methyl sites for hydroxylation is 1. The molecule has 2 N–H and O–H groups in total. The van der Waals surface area contributed by atoms with Gasteiger partial charge in [0.2, 0.25) is 5.91 Å². The summed E-state index contributed by atoms with van der Waals surface area (Å²) in [7, 11) is 0. The van der Waals surface area contributed by atoms with Crippen molar-refractivity contribution >= 4 is 11.7 Å². The highest BCUT2D eigenvalue weighted by Gasteiger charge is 2.13. The summed E-state index contributed by atoms with van der Waals surface area (Å²) in [5.74, 6) is 0.972. The van der Waals surface area contributed by atoms with E-state index in [9.17, 15) is 4.79 Å². The summed E-state index contributed by atoms with van der Waals surface area (Å²) in [5, 5.41) is 9.57. The molecule has 2 aromatic rings. The number of carbonyl (C=O) groups is 1. The summed E-state index contributed by atoms with van der Waals surface area (Å²) >= 11 is 0. The number of hydrogen-bond donors (Lipinski definition) is 2. The average Bonchev–Trinajstić information content (AvgIpc) is 2.82. The number of carbonyl (C=O) groups excluding carboxylic acids is 1. The Bertz CT molecular complexity index is 537. The molecule has 1 aromatic heterocycles. The number of aromatic nitrogens is 1. The highest BCUT2D eigenvalue weighted by molar-refractivity contribution is 5.93. The second-order valence-electron chi connectivity index (χ2n) is 4.40. The third-order valence-electron chi connectivity index (χ3n) is 2.73. The van der Waals surface area contributed by atoms with E-state index in [0.29, 0.717) is 18.1 Å². The second-order valence-corrected chi connectivity index (χ2v) is 4.40. The molecule has 0 fully saturated rings. The van der Waals surface area contributed by atoms with Gasteiger partial charge in [0.1, 0.15) is 5.76 Å². The molecule has 1 aromatic carbocycles. The van der Waals surface area contributed by atoms with Gasteiger partial charge >= 0.3 is 0 Å². The van der Waals surface area contributed by atoms with Gasteiger partial charge in [0.05, 0.1) is 6.04 Å². The smallest absolute Gasteiger partial charge is 0.242 e. The van der Waals surface area contributed by atoms with Crippen molar-refractivity contribution in [2.45, 2.75) is 26.4 Å². The van der Waals surface area contributed by atoms with Crippen molar-refractivity contribution in [1.82, 2.24) is 10.5 Å². The average molecular weight is 259 g/mol. The fourth-order valence-electron chi connectivity index (χ4n) is 1.62. The molecule has 0 radical (unpaired) electrons. The van der Waals surface area contributed by atoms with Gasteiger partial charge < -0.3 is 15.2 Å². The van der Waals surface area contributed by atoms with Crippen molar-refractivity contribution in [3.8, 4) is 0 Å². The minimum Gasteiger partial charge on any atom is -0.360 e. The standard InChI is InChI=1S/C14H17N3O2/c1-10-8-13(17-19-10)16-14(18)11(2)15-9-12-6-4-3-5-7-12/h3-8,11,15H,9H2,1-2H3,(H,16,17,18). The third-order valence-corrected chi connectivity index (χ3v) is 2.73. The van der Waals surface area contributed by atoms with Crippen LogP contribution >= 0.6 is 0 Å². The Morgan fingerprint density at radius 1 is 1.37 bits per heavy atom. The first-order valence-corrected chi connectivity index (χ1v) is 6.16. The van der Waals surface area contributed by atoms with Gasteiger partial charge in [-0.3, -0.25) is 4.79 Å². The van der Waals surface area contributed by atoms with Crippen LogP contribution in [-0.2, 0) is 11.3 Å². The van der Waals surface area contributed by atoms with Gasteiger partial charge in [0, 0.05) is 12.6 Å². The lowest BCUT2D eigenvalue weighted by atomic mass is 10.2. The van der Waals surface area contributed by atoms with Crippen LogP contribution in [0.3, 0.4) is 0 Å². The Morgan fingerprint density at radius 2 is 2.11 bits per heavy atom. The van der Waals surface area contributed by atoms with Crippen LogP contribution in [-0.4, -0.2) is 17.1 Å². The maximum absolute atomic E-state index is 11.9. The van der Waals surface area contributed by atoms with Crippen LogP contribution < -0.4 is 10.6 Å². The predicted molar refractivity (Wildman–Crippen MR) is 72.6 cm³/mol. The molecule has 0 bridgehead atoms. The molecule has 19 heavy (non-hydrogen) atoms. The van der Waals surface area contributed by atoms with Gasteiger partial charge in [-0.1, -0.05) is 35.5 Å². The van der Waals surface area contributed by atoms with Crippen molar-refractivity contribution in [2.75, 3.05) is 5.32 Å². The summed E-state index contributed by atoms with van der Waals surface area (Å²) in [4.78, 5) is 11.9. The Kier molecular flexibility index (Phi) is 4.30. The highest BCUT2D eigenvalue weighted by Crippen LogP contribution is 2.07. The first-order chi connectivity index (χ1) is 9.15. The van der Waals surface area contributed by atoms with E-state index in [-0.39, 0.29) is 11.9 Å². The van der Waals surface area contributed by atoms with Crippen molar-refractivity contribution in [3.05, 3.63) is 47.7 Å². The lowest BCUT2D eigenvalue weighted by Gasteiger charge is -2.12. The highest BCUT2D eigenvalue weighted by atomic mass is 16.5. The largest absolute Gasteiger partial charge is 0.360 e. The molecule has 0 saturated carbocycles. The fraction of sp³-hybridized carbons (Fsp3) is 0.286. The molecule has 0 spiro atoms. The summed E-state index contributed by atoms with van der Waals surface area (Å²) in [6.45, 7) is 4.23. The van der Waals surface area contributed by atoms with Crippen molar-refractivity contribution in [1.29, 1.82) is 0 Å². The van der Waals surface area contributed by atoms with Gasteiger partial charge in [0.15, 0.2) is 5.82 Å². The number of hydrogen-bond acceptors (Lipinski definition) is 4. The van der Waals surface area contributed by atoms with Crippen LogP contribution in [0.5, 0.6) is 0 Å². The molecular weight excluding hydrogens is 242 g/mol. The molecule has 100 valence electrons. The van der Waals surface area contributed by atoms with Crippen molar-refractivity contribution in [3.63, 3.8) is 0 Å². The SMILES string of the molecule is Cc1cc(NC(=O)C(C)NCc2ccccc2)no1. The maximum Gasteiger partial charge on any atom is 0.242 e. The Hall–Kier alpha value is -2.14. The summed E-state index contributed by atoms with van der Waals surface area (Å²) in [6, 6.07) is 11.3. The van der Waals surface area contributed by atoms with Gasteiger partial charge in [-0.05, 0) is 19.4 Å². The number of rotatable bonds is 5. The molecule has 1 heterocycles. The van der Waals surface area contributed by atoms with E-state index in [1.807, 2.05) is 37.3 Å². The Balaban J connectivity index is 1.82. The van der Waals surface area contributed by atoms with Gasteiger partial charge in [0.25, 0.3) is 0 Å². The van der Waals surface area contributed by atoms with E-state index in [4.69, 9.17) is 4.52 Å². The second kappa shape index (κ2) is 6.15. The van der Waals surface area contributed by atoms with Crippen LogP contribution in [0.1, 0.15) is 18.2 Å². The molecule has 0 saturated heterocycles.